The number of nitrogens with two attached hydrogens (primary N) is 1. The summed E-state index contributed by atoms with van der Waals surface area (Å²) in [5.41, 5.74) is 5.33. The van der Waals surface area contributed by atoms with Crippen molar-refractivity contribution in [2.24, 2.45) is 11.7 Å². The molecule has 0 saturated carbocycles. The fourth-order valence-corrected chi connectivity index (χ4v) is 3.41. The molecule has 21 heavy (non-hydrogen) atoms. The Morgan fingerprint density at radius 3 is 2.57 bits per heavy atom. The van der Waals surface area contributed by atoms with E-state index >= 15 is 0 Å². The van der Waals surface area contributed by atoms with Crippen LogP contribution in [0.15, 0.2) is 6.20 Å². The number of aromatic nitrogens is 1. The van der Waals surface area contributed by atoms with Crippen molar-refractivity contribution in [3.8, 4) is 0 Å². The lowest BCUT2D eigenvalue weighted by Gasteiger charge is -2.36. The Kier molecular flexibility index (Phi) is 4.37. The summed E-state index contributed by atoms with van der Waals surface area (Å²) < 4.78 is 0. The quantitative estimate of drug-likeness (QED) is 0.909. The number of rotatable bonds is 2. The Morgan fingerprint density at radius 2 is 2.05 bits per heavy atom. The lowest BCUT2D eigenvalue weighted by atomic mass is 9.93. The minimum absolute atomic E-state index is 0.0403. The van der Waals surface area contributed by atoms with Gasteiger partial charge in [0.05, 0.1) is 17.1 Å². The van der Waals surface area contributed by atoms with E-state index in [1.54, 1.807) is 11.1 Å². The van der Waals surface area contributed by atoms with Crippen molar-refractivity contribution in [2.45, 2.75) is 52.0 Å². The maximum Gasteiger partial charge on any atom is 0.265 e. The second-order valence-electron chi connectivity index (χ2n) is 6.76. The zero-order valence-electron chi connectivity index (χ0n) is 13.0. The molecule has 2 atom stereocenters. The van der Waals surface area contributed by atoms with Crippen molar-refractivity contribution in [3.05, 3.63) is 16.1 Å². The minimum atomic E-state index is -0.320. The number of piperidine rings is 1. The van der Waals surface area contributed by atoms with Crippen LogP contribution in [0.4, 0.5) is 0 Å². The van der Waals surface area contributed by atoms with E-state index in [1.165, 1.54) is 11.3 Å². The number of amides is 2. The predicted octanol–water partition coefficient (Wildman–Crippen LogP) is 2.17. The molecule has 1 aliphatic heterocycles. The van der Waals surface area contributed by atoms with E-state index in [4.69, 9.17) is 5.73 Å². The van der Waals surface area contributed by atoms with Crippen LogP contribution in [0.2, 0.25) is 0 Å². The van der Waals surface area contributed by atoms with E-state index in [1.807, 2.05) is 6.92 Å². The van der Waals surface area contributed by atoms with Gasteiger partial charge in [0, 0.05) is 18.0 Å². The Morgan fingerprint density at radius 1 is 1.38 bits per heavy atom. The first-order valence-corrected chi connectivity index (χ1v) is 8.08. The largest absolute Gasteiger partial charge is 0.369 e. The second kappa shape index (κ2) is 5.75. The molecule has 0 bridgehead atoms. The van der Waals surface area contributed by atoms with Crippen molar-refractivity contribution in [3.63, 3.8) is 0 Å². The van der Waals surface area contributed by atoms with Gasteiger partial charge >= 0.3 is 0 Å². The summed E-state index contributed by atoms with van der Waals surface area (Å²) >= 11 is 1.43. The first-order chi connectivity index (χ1) is 9.70. The first kappa shape index (κ1) is 15.9. The molecule has 1 fully saturated rings. The van der Waals surface area contributed by atoms with Gasteiger partial charge in [-0.05, 0) is 19.8 Å². The zero-order chi connectivity index (χ0) is 15.8. The van der Waals surface area contributed by atoms with Crippen LogP contribution in [0.1, 0.15) is 55.2 Å². The van der Waals surface area contributed by atoms with E-state index in [0.29, 0.717) is 11.4 Å². The van der Waals surface area contributed by atoms with Crippen molar-refractivity contribution < 1.29 is 9.59 Å². The topological polar surface area (TPSA) is 76.3 Å². The van der Waals surface area contributed by atoms with Crippen LogP contribution in [-0.2, 0) is 10.2 Å². The molecule has 0 aromatic carbocycles. The van der Waals surface area contributed by atoms with Gasteiger partial charge < -0.3 is 10.6 Å². The van der Waals surface area contributed by atoms with Crippen molar-refractivity contribution in [1.82, 2.24) is 9.88 Å². The van der Waals surface area contributed by atoms with Crippen LogP contribution >= 0.6 is 11.3 Å². The van der Waals surface area contributed by atoms with Crippen LogP contribution in [0, 0.1) is 5.92 Å². The Bertz CT molecular complexity index is 547. The van der Waals surface area contributed by atoms with Gasteiger partial charge in [0.1, 0.15) is 4.88 Å². The number of primary amides is 1. The molecule has 0 unspecified atom stereocenters. The van der Waals surface area contributed by atoms with Gasteiger partial charge in [0.2, 0.25) is 5.91 Å². The minimum Gasteiger partial charge on any atom is -0.369 e. The highest BCUT2D eigenvalue weighted by Gasteiger charge is 2.33. The molecule has 1 saturated heterocycles. The van der Waals surface area contributed by atoms with E-state index in [0.717, 1.165) is 17.8 Å². The molecule has 0 spiro atoms. The molecule has 6 heteroatoms. The molecule has 2 heterocycles. The molecular weight excluding hydrogens is 286 g/mol. The van der Waals surface area contributed by atoms with Gasteiger partial charge in [-0.15, -0.1) is 11.3 Å². The smallest absolute Gasteiger partial charge is 0.265 e. The summed E-state index contributed by atoms with van der Waals surface area (Å²) in [7, 11) is 0. The molecule has 2 N–H and O–H groups in total. The number of nitrogens with zero attached hydrogens (tertiary/aromatic N) is 2. The number of carbonyl (C=O) groups excluding carboxylic acids is 2. The third-order valence-corrected chi connectivity index (χ3v) is 5.31. The molecule has 2 rings (SSSR count). The van der Waals surface area contributed by atoms with E-state index in [9.17, 15) is 9.59 Å². The summed E-state index contributed by atoms with van der Waals surface area (Å²) in [6, 6.07) is 0.133. The SMILES string of the molecule is C[C@@H]1CC[C@@H](C(N)=O)CN1C(=O)c1cnc(C(C)(C)C)s1. The monoisotopic (exact) mass is 309 g/mol. The highest BCUT2D eigenvalue weighted by molar-refractivity contribution is 7.13. The second-order valence-corrected chi connectivity index (χ2v) is 7.79. The molecule has 0 aliphatic carbocycles. The highest BCUT2D eigenvalue weighted by atomic mass is 32.1. The predicted molar refractivity (Wildman–Crippen MR) is 83.2 cm³/mol. The van der Waals surface area contributed by atoms with Crippen molar-refractivity contribution in [2.75, 3.05) is 6.54 Å². The average Bonchev–Trinajstić information content (AvgIpc) is 2.87. The van der Waals surface area contributed by atoms with E-state index in [2.05, 4.69) is 25.8 Å². The average molecular weight is 309 g/mol. The van der Waals surface area contributed by atoms with Crippen LogP contribution in [0.3, 0.4) is 0 Å². The van der Waals surface area contributed by atoms with Gasteiger partial charge in [0.15, 0.2) is 0 Å². The first-order valence-electron chi connectivity index (χ1n) is 7.26. The van der Waals surface area contributed by atoms with Crippen LogP contribution in [0.25, 0.3) is 0 Å². The number of hydrogen-bond acceptors (Lipinski definition) is 4. The summed E-state index contributed by atoms with van der Waals surface area (Å²) in [6.45, 7) is 8.66. The summed E-state index contributed by atoms with van der Waals surface area (Å²) in [5, 5.41) is 0.946. The fraction of sp³-hybridized carbons (Fsp3) is 0.667. The lowest BCUT2D eigenvalue weighted by Crippen LogP contribution is -2.48. The van der Waals surface area contributed by atoms with Gasteiger partial charge in [-0.25, -0.2) is 4.98 Å². The molecule has 1 aromatic heterocycles. The molecule has 1 aromatic rings. The number of likely N-dealkylation sites (tertiary alicyclic amines) is 1. The fourth-order valence-electron chi connectivity index (χ4n) is 2.48. The summed E-state index contributed by atoms with van der Waals surface area (Å²) in [5.74, 6) is -0.596. The van der Waals surface area contributed by atoms with Crippen molar-refractivity contribution >= 4 is 23.2 Å². The molecular formula is C15H23N3O2S. The number of carbonyl (C=O) groups is 2. The Labute approximate surface area is 129 Å². The van der Waals surface area contributed by atoms with Crippen LogP contribution < -0.4 is 5.73 Å². The Balaban J connectivity index is 2.18. The Hall–Kier alpha value is -1.43. The van der Waals surface area contributed by atoms with Crippen molar-refractivity contribution in [1.29, 1.82) is 0 Å². The normalized spacial score (nSPS) is 23.1. The molecule has 1 aliphatic rings. The molecule has 2 amide bonds. The summed E-state index contributed by atoms with van der Waals surface area (Å²) in [4.78, 5) is 30.8. The highest BCUT2D eigenvalue weighted by Crippen LogP contribution is 2.29. The van der Waals surface area contributed by atoms with Gasteiger partial charge in [-0.2, -0.15) is 0 Å². The zero-order valence-corrected chi connectivity index (χ0v) is 13.9. The van der Waals surface area contributed by atoms with Crippen LogP contribution in [0.5, 0.6) is 0 Å². The van der Waals surface area contributed by atoms with Gasteiger partial charge in [-0.3, -0.25) is 9.59 Å². The van der Waals surface area contributed by atoms with E-state index in [-0.39, 0.29) is 29.2 Å². The third-order valence-electron chi connectivity index (χ3n) is 3.90. The van der Waals surface area contributed by atoms with Gasteiger partial charge in [-0.1, -0.05) is 20.8 Å². The molecule has 5 nitrogen and oxygen atoms in total. The van der Waals surface area contributed by atoms with Crippen LogP contribution in [-0.4, -0.2) is 34.3 Å². The maximum absolute atomic E-state index is 12.7. The molecule has 116 valence electrons. The maximum atomic E-state index is 12.7. The van der Waals surface area contributed by atoms with Gasteiger partial charge in [0.25, 0.3) is 5.91 Å². The third kappa shape index (κ3) is 3.43. The number of thiazole rings is 1. The summed E-state index contributed by atoms with van der Waals surface area (Å²) in [6.07, 6.45) is 3.22. The number of hydrogen-bond donors (Lipinski definition) is 1. The van der Waals surface area contributed by atoms with E-state index < -0.39 is 0 Å². The standard InChI is InChI=1S/C15H23N3O2S/c1-9-5-6-10(12(16)19)8-18(9)13(20)11-7-17-14(21-11)15(2,3)4/h7,9-10H,5-6,8H2,1-4H3,(H2,16,19)/t9-,10-/m1/s1. The lowest BCUT2D eigenvalue weighted by molar-refractivity contribution is -0.123. The molecule has 0 radical (unpaired) electrons.